The van der Waals surface area contributed by atoms with Gasteiger partial charge in [-0.15, -0.1) is 10.2 Å². The molecule has 0 aliphatic heterocycles. The van der Waals surface area contributed by atoms with Crippen molar-refractivity contribution in [2.75, 3.05) is 0 Å². The second kappa shape index (κ2) is 6.62. The fraction of sp³-hybridized carbons (Fsp3) is 0.350. The molecular formula is C20H22N6O3S2. The van der Waals surface area contributed by atoms with Crippen molar-refractivity contribution in [3.05, 3.63) is 52.2 Å². The van der Waals surface area contributed by atoms with E-state index in [0.29, 0.717) is 21.3 Å². The molecule has 0 unspecified atom stereocenters. The van der Waals surface area contributed by atoms with E-state index in [-0.39, 0.29) is 16.1 Å². The Morgan fingerprint density at radius 3 is 2.23 bits per heavy atom. The van der Waals surface area contributed by atoms with Crippen LogP contribution in [0.25, 0.3) is 21.3 Å². The second-order valence-corrected chi connectivity index (χ2v) is 10.9. The van der Waals surface area contributed by atoms with Crippen molar-refractivity contribution in [1.29, 1.82) is 0 Å². The normalized spacial score (nSPS) is 15.6. The highest BCUT2D eigenvalue weighted by Crippen LogP contribution is 2.36. The van der Waals surface area contributed by atoms with Crippen molar-refractivity contribution < 1.29 is 8.42 Å². The lowest BCUT2D eigenvalue weighted by atomic mass is 10.3. The first-order valence-electron chi connectivity index (χ1n) is 9.84. The van der Waals surface area contributed by atoms with Crippen LogP contribution < -0.4 is 10.4 Å². The van der Waals surface area contributed by atoms with Gasteiger partial charge in [-0.05, 0) is 63.9 Å². The van der Waals surface area contributed by atoms with Gasteiger partial charge in [-0.1, -0.05) is 11.3 Å². The summed E-state index contributed by atoms with van der Waals surface area (Å²) in [6.45, 7) is 5.83. The van der Waals surface area contributed by atoms with Gasteiger partial charge >= 0.3 is 5.69 Å². The minimum Gasteiger partial charge on any atom is -0.295 e. The maximum atomic E-state index is 13.0. The topological polar surface area (TPSA) is 104 Å². The zero-order valence-corrected chi connectivity index (χ0v) is 19.2. The Morgan fingerprint density at radius 2 is 1.61 bits per heavy atom. The van der Waals surface area contributed by atoms with Crippen LogP contribution in [0.2, 0.25) is 0 Å². The zero-order chi connectivity index (χ0) is 22.1. The summed E-state index contributed by atoms with van der Waals surface area (Å²) in [6, 6.07) is 8.69. The number of aryl methyl sites for hydroxylation is 3. The van der Waals surface area contributed by atoms with Crippen LogP contribution in [0.15, 0.2) is 40.0 Å². The molecule has 0 saturated heterocycles. The minimum absolute atomic E-state index is 0.120. The van der Waals surface area contributed by atoms with Crippen molar-refractivity contribution in [3.8, 4) is 10.3 Å². The predicted octanol–water partition coefficient (Wildman–Crippen LogP) is 2.42. The Bertz CT molecular complexity index is 1480. The summed E-state index contributed by atoms with van der Waals surface area (Å²) >= 11 is 1.27. The summed E-state index contributed by atoms with van der Waals surface area (Å²) in [6.07, 6.45) is 1.63. The number of imidazole rings is 1. The molecule has 1 N–H and O–H groups in total. The summed E-state index contributed by atoms with van der Waals surface area (Å²) in [4.78, 5) is 13.1. The van der Waals surface area contributed by atoms with E-state index in [0.717, 1.165) is 24.2 Å². The average Bonchev–Trinajstić information content (AvgIpc) is 3.02. The molecule has 1 aliphatic rings. The molecule has 0 spiro atoms. The Hall–Kier alpha value is -2.76. The van der Waals surface area contributed by atoms with Gasteiger partial charge in [-0.25, -0.2) is 22.5 Å². The maximum absolute atomic E-state index is 13.0. The molecule has 0 atom stereocenters. The molecule has 162 valence electrons. The van der Waals surface area contributed by atoms with Crippen LogP contribution in [0.1, 0.15) is 31.2 Å². The third-order valence-corrected chi connectivity index (χ3v) is 8.31. The Kier molecular flexibility index (Phi) is 4.30. The van der Waals surface area contributed by atoms with E-state index in [1.165, 1.54) is 32.6 Å². The van der Waals surface area contributed by atoms with Gasteiger partial charge in [-0.3, -0.25) is 9.13 Å². The van der Waals surface area contributed by atoms with E-state index in [2.05, 4.69) is 14.9 Å². The number of nitrogens with one attached hydrogen (secondary N) is 1. The average molecular weight is 459 g/mol. The Balaban J connectivity index is 1.66. The molecule has 1 saturated carbocycles. The molecule has 0 bridgehead atoms. The highest BCUT2D eigenvalue weighted by Gasteiger charge is 2.41. The van der Waals surface area contributed by atoms with Gasteiger partial charge in [0.15, 0.2) is 0 Å². The molecule has 9 nitrogen and oxygen atoms in total. The number of fused-ring (bicyclic) bond motifs is 1. The molecule has 1 fully saturated rings. The van der Waals surface area contributed by atoms with Crippen LogP contribution in [-0.2, 0) is 17.1 Å². The fourth-order valence-electron chi connectivity index (χ4n) is 3.71. The molecule has 1 aromatic carbocycles. The Morgan fingerprint density at radius 1 is 1.00 bits per heavy atom. The van der Waals surface area contributed by atoms with Gasteiger partial charge in [0, 0.05) is 24.0 Å². The first-order valence-corrected chi connectivity index (χ1v) is 12.1. The minimum atomic E-state index is -3.70. The smallest absolute Gasteiger partial charge is 0.295 e. The van der Waals surface area contributed by atoms with E-state index >= 15 is 0 Å². The van der Waals surface area contributed by atoms with E-state index in [1.54, 1.807) is 13.1 Å². The maximum Gasteiger partial charge on any atom is 0.335 e. The van der Waals surface area contributed by atoms with E-state index in [1.807, 2.05) is 37.5 Å². The van der Waals surface area contributed by atoms with Gasteiger partial charge in [0.2, 0.25) is 20.3 Å². The third-order valence-electron chi connectivity index (χ3n) is 5.78. The zero-order valence-electron chi connectivity index (χ0n) is 17.6. The SMILES string of the molecule is Cc1ccc(C)n1-c1nnc(-n2c(=O)n(C)c3ccc(S(=O)(=O)NC4(C)CC4)cc32)s1. The second-order valence-electron chi connectivity index (χ2n) is 8.31. The van der Waals surface area contributed by atoms with Gasteiger partial charge in [-0.2, -0.15) is 0 Å². The standard InChI is InChI=1S/C20H22N6O3S2/c1-12-5-6-13(2)25(12)17-21-22-18(30-17)26-16-11-14(7-8-15(16)24(4)19(26)27)31(28,29)23-20(3)9-10-20/h5-8,11,23H,9-10H2,1-4H3. The highest BCUT2D eigenvalue weighted by atomic mass is 32.2. The molecule has 3 aromatic heterocycles. The monoisotopic (exact) mass is 458 g/mol. The first-order chi connectivity index (χ1) is 14.6. The number of benzene rings is 1. The lowest BCUT2D eigenvalue weighted by Gasteiger charge is -2.12. The highest BCUT2D eigenvalue weighted by molar-refractivity contribution is 7.89. The van der Waals surface area contributed by atoms with Gasteiger partial charge in [0.1, 0.15) is 0 Å². The van der Waals surface area contributed by atoms with Crippen molar-refractivity contribution in [1.82, 2.24) is 28.6 Å². The molecule has 3 heterocycles. The van der Waals surface area contributed by atoms with Crippen LogP contribution in [0, 0.1) is 13.8 Å². The van der Waals surface area contributed by atoms with Crippen molar-refractivity contribution in [3.63, 3.8) is 0 Å². The summed E-state index contributed by atoms with van der Waals surface area (Å²) in [5.41, 5.74) is 2.42. The van der Waals surface area contributed by atoms with E-state index in [4.69, 9.17) is 0 Å². The molecule has 0 amide bonds. The molecule has 1 aliphatic carbocycles. The van der Waals surface area contributed by atoms with Gasteiger partial charge in [0.05, 0.1) is 15.9 Å². The van der Waals surface area contributed by atoms with E-state index < -0.39 is 10.0 Å². The van der Waals surface area contributed by atoms with Crippen LogP contribution in [0.3, 0.4) is 0 Å². The summed E-state index contributed by atoms with van der Waals surface area (Å²) in [5, 5.41) is 9.54. The first kappa shape index (κ1) is 20.2. The summed E-state index contributed by atoms with van der Waals surface area (Å²) < 4.78 is 33.4. The lowest BCUT2D eigenvalue weighted by molar-refractivity contribution is 0.558. The van der Waals surface area contributed by atoms with Crippen LogP contribution in [0.5, 0.6) is 0 Å². The summed E-state index contributed by atoms with van der Waals surface area (Å²) in [5.74, 6) is 0. The largest absolute Gasteiger partial charge is 0.335 e. The predicted molar refractivity (Wildman–Crippen MR) is 119 cm³/mol. The van der Waals surface area contributed by atoms with Crippen LogP contribution in [0.4, 0.5) is 0 Å². The van der Waals surface area contributed by atoms with E-state index in [9.17, 15) is 13.2 Å². The number of aromatic nitrogens is 5. The van der Waals surface area contributed by atoms with Crippen molar-refractivity contribution >= 4 is 32.4 Å². The van der Waals surface area contributed by atoms with Crippen LogP contribution in [-0.4, -0.2) is 37.9 Å². The molecule has 5 rings (SSSR count). The quantitative estimate of drug-likeness (QED) is 0.495. The number of nitrogens with zero attached hydrogens (tertiary/aromatic N) is 5. The van der Waals surface area contributed by atoms with Crippen molar-refractivity contribution in [2.24, 2.45) is 7.05 Å². The molecular weight excluding hydrogens is 436 g/mol. The third kappa shape index (κ3) is 3.24. The molecule has 31 heavy (non-hydrogen) atoms. The Labute approximate surface area is 183 Å². The molecule has 11 heteroatoms. The lowest BCUT2D eigenvalue weighted by Crippen LogP contribution is -2.34. The van der Waals surface area contributed by atoms with Gasteiger partial charge in [0.25, 0.3) is 0 Å². The van der Waals surface area contributed by atoms with Crippen LogP contribution >= 0.6 is 11.3 Å². The van der Waals surface area contributed by atoms with Crippen molar-refractivity contribution in [2.45, 2.75) is 44.0 Å². The number of rotatable bonds is 5. The molecule has 4 aromatic rings. The number of sulfonamides is 1. The van der Waals surface area contributed by atoms with Gasteiger partial charge < -0.3 is 0 Å². The number of hydrogen-bond acceptors (Lipinski definition) is 6. The fourth-order valence-corrected chi connectivity index (χ4v) is 6.16. The summed E-state index contributed by atoms with van der Waals surface area (Å²) in [7, 11) is -2.05. The number of hydrogen-bond donors (Lipinski definition) is 1. The molecule has 0 radical (unpaired) electrons.